The fourth-order valence-electron chi connectivity index (χ4n) is 2.48. The second-order valence-corrected chi connectivity index (χ2v) is 4.37. The molecule has 0 aromatic rings. The Bertz CT molecular complexity index is 202. The smallest absolute Gasteiger partial charge is 0.0718 e. The van der Waals surface area contributed by atoms with Gasteiger partial charge in [-0.25, -0.2) is 0 Å². The molecule has 0 amide bonds. The average Bonchev–Trinajstić information content (AvgIpc) is 2.76. The molecule has 2 rings (SSSR count). The molecule has 0 spiro atoms. The topological polar surface area (TPSA) is 21.7 Å². The van der Waals surface area contributed by atoms with Gasteiger partial charge >= 0.3 is 0 Å². The van der Waals surface area contributed by atoms with E-state index in [1.165, 1.54) is 25.8 Å². The molecule has 0 aliphatic carbocycles. The maximum absolute atomic E-state index is 5.68. The second-order valence-electron chi connectivity index (χ2n) is 4.37. The summed E-state index contributed by atoms with van der Waals surface area (Å²) in [4.78, 5) is 2.57. The molecule has 0 saturated carbocycles. The lowest BCUT2D eigenvalue weighted by Gasteiger charge is -2.30. The molecular formula is C12H21NO2. The minimum Gasteiger partial charge on any atom is -0.381 e. The molecule has 0 bridgehead atoms. The third-order valence-electron chi connectivity index (χ3n) is 3.33. The summed E-state index contributed by atoms with van der Waals surface area (Å²) < 4.78 is 11.1. The molecule has 86 valence electrons. The molecule has 0 N–H and O–H groups in total. The molecule has 2 heterocycles. The number of nitrogens with zero attached hydrogens (tertiary/aromatic N) is 1. The van der Waals surface area contributed by atoms with E-state index in [0.29, 0.717) is 12.7 Å². The highest BCUT2D eigenvalue weighted by Crippen LogP contribution is 2.21. The van der Waals surface area contributed by atoms with Crippen LogP contribution in [0.25, 0.3) is 0 Å². The monoisotopic (exact) mass is 211 g/mol. The molecule has 0 aromatic carbocycles. The van der Waals surface area contributed by atoms with Crippen molar-refractivity contribution in [3.63, 3.8) is 0 Å². The minimum absolute atomic E-state index is 0.422. The van der Waals surface area contributed by atoms with Crippen LogP contribution in [0.1, 0.15) is 19.3 Å². The predicted octanol–water partition coefficient (Wildman–Crippen LogP) is 1.44. The molecular weight excluding hydrogens is 190 g/mol. The molecule has 15 heavy (non-hydrogen) atoms. The van der Waals surface area contributed by atoms with Crippen molar-refractivity contribution in [1.29, 1.82) is 0 Å². The maximum atomic E-state index is 5.68. The number of ether oxygens (including phenoxy) is 2. The molecule has 1 unspecified atom stereocenters. The Hall–Kier alpha value is -0.380. The zero-order valence-electron chi connectivity index (χ0n) is 9.36. The zero-order chi connectivity index (χ0) is 10.5. The number of likely N-dealkylation sites (tertiary alicyclic amines) is 1. The van der Waals surface area contributed by atoms with Crippen LogP contribution in [0.15, 0.2) is 12.7 Å². The van der Waals surface area contributed by atoms with E-state index in [1.54, 1.807) is 0 Å². The summed E-state index contributed by atoms with van der Waals surface area (Å²) in [7, 11) is 0. The lowest BCUT2D eigenvalue weighted by Crippen LogP contribution is -2.38. The lowest BCUT2D eigenvalue weighted by atomic mass is 10.1. The van der Waals surface area contributed by atoms with Crippen LogP contribution in [-0.2, 0) is 9.47 Å². The summed E-state index contributed by atoms with van der Waals surface area (Å²) >= 11 is 0. The first-order valence-electron chi connectivity index (χ1n) is 5.94. The fourth-order valence-corrected chi connectivity index (χ4v) is 2.48. The van der Waals surface area contributed by atoms with E-state index in [4.69, 9.17) is 9.47 Å². The first-order chi connectivity index (χ1) is 7.40. The number of hydrogen-bond donors (Lipinski definition) is 0. The summed E-state index contributed by atoms with van der Waals surface area (Å²) in [5.41, 5.74) is 0. The van der Waals surface area contributed by atoms with Crippen molar-refractivity contribution in [2.45, 2.75) is 31.4 Å². The van der Waals surface area contributed by atoms with Crippen molar-refractivity contribution in [3.8, 4) is 0 Å². The normalized spacial score (nSPS) is 29.5. The van der Waals surface area contributed by atoms with E-state index in [0.717, 1.165) is 25.8 Å². The van der Waals surface area contributed by atoms with Gasteiger partial charge in [-0.15, -0.1) is 6.58 Å². The molecule has 2 aliphatic rings. The van der Waals surface area contributed by atoms with Crippen LogP contribution in [0.5, 0.6) is 0 Å². The number of rotatable bonds is 4. The highest BCUT2D eigenvalue weighted by atomic mass is 16.5. The Kier molecular flexibility index (Phi) is 4.18. The van der Waals surface area contributed by atoms with Gasteiger partial charge in [-0.1, -0.05) is 6.08 Å². The Balaban J connectivity index is 1.73. The van der Waals surface area contributed by atoms with Crippen LogP contribution in [0.4, 0.5) is 0 Å². The van der Waals surface area contributed by atoms with E-state index in [1.807, 2.05) is 6.08 Å². The van der Waals surface area contributed by atoms with Crippen molar-refractivity contribution < 1.29 is 9.47 Å². The Morgan fingerprint density at radius 3 is 2.87 bits per heavy atom. The lowest BCUT2D eigenvalue weighted by molar-refractivity contribution is 0.0302. The van der Waals surface area contributed by atoms with Gasteiger partial charge in [0.25, 0.3) is 0 Å². The minimum atomic E-state index is 0.422. The molecule has 2 saturated heterocycles. The second kappa shape index (κ2) is 5.64. The van der Waals surface area contributed by atoms with E-state index >= 15 is 0 Å². The van der Waals surface area contributed by atoms with Crippen LogP contribution in [0.3, 0.4) is 0 Å². The van der Waals surface area contributed by atoms with E-state index in [2.05, 4.69) is 11.5 Å². The van der Waals surface area contributed by atoms with Gasteiger partial charge in [0, 0.05) is 32.3 Å². The van der Waals surface area contributed by atoms with Gasteiger partial charge in [0.15, 0.2) is 0 Å². The first-order valence-corrected chi connectivity index (χ1v) is 5.94. The van der Waals surface area contributed by atoms with Crippen LogP contribution < -0.4 is 0 Å². The molecule has 3 heteroatoms. The molecule has 3 nitrogen and oxygen atoms in total. The van der Waals surface area contributed by atoms with Crippen LogP contribution in [0, 0.1) is 0 Å². The van der Waals surface area contributed by atoms with Gasteiger partial charge in [-0.3, -0.25) is 4.90 Å². The van der Waals surface area contributed by atoms with Crippen molar-refractivity contribution in [2.24, 2.45) is 0 Å². The van der Waals surface area contributed by atoms with E-state index in [9.17, 15) is 0 Å². The van der Waals surface area contributed by atoms with Gasteiger partial charge in [0.1, 0.15) is 0 Å². The van der Waals surface area contributed by atoms with E-state index in [-0.39, 0.29) is 0 Å². The Morgan fingerprint density at radius 2 is 2.13 bits per heavy atom. The van der Waals surface area contributed by atoms with Crippen molar-refractivity contribution in [3.05, 3.63) is 12.7 Å². The highest BCUT2D eigenvalue weighted by Gasteiger charge is 2.29. The Morgan fingerprint density at radius 1 is 1.33 bits per heavy atom. The molecule has 0 aromatic heterocycles. The van der Waals surface area contributed by atoms with Crippen LogP contribution in [-0.4, -0.2) is 50.0 Å². The molecule has 0 radical (unpaired) electrons. The Labute approximate surface area is 92.0 Å². The standard InChI is InChI=1S/C12H21NO2/c1-2-7-15-12-3-6-13(10-12)11-4-8-14-9-5-11/h2,11-12H,1,3-10H2. The van der Waals surface area contributed by atoms with Crippen LogP contribution in [0.2, 0.25) is 0 Å². The molecule has 2 fully saturated rings. The zero-order valence-corrected chi connectivity index (χ0v) is 9.36. The SMILES string of the molecule is C=CCOC1CCN(C2CCOCC2)C1. The first kappa shape index (κ1) is 11.1. The summed E-state index contributed by atoms with van der Waals surface area (Å²) in [5.74, 6) is 0. The third-order valence-corrected chi connectivity index (χ3v) is 3.33. The van der Waals surface area contributed by atoms with Gasteiger partial charge in [0.05, 0.1) is 12.7 Å². The van der Waals surface area contributed by atoms with E-state index < -0.39 is 0 Å². The van der Waals surface area contributed by atoms with Crippen molar-refractivity contribution in [2.75, 3.05) is 32.9 Å². The highest BCUT2D eigenvalue weighted by molar-refractivity contribution is 4.84. The summed E-state index contributed by atoms with van der Waals surface area (Å²) in [6, 6.07) is 0.732. The van der Waals surface area contributed by atoms with Gasteiger partial charge in [-0.05, 0) is 19.3 Å². The van der Waals surface area contributed by atoms with Gasteiger partial charge in [0.2, 0.25) is 0 Å². The maximum Gasteiger partial charge on any atom is 0.0718 e. The number of hydrogen-bond acceptors (Lipinski definition) is 3. The van der Waals surface area contributed by atoms with Gasteiger partial charge in [-0.2, -0.15) is 0 Å². The summed E-state index contributed by atoms with van der Waals surface area (Å²) in [6.07, 6.45) is 5.80. The predicted molar refractivity (Wildman–Crippen MR) is 60.0 cm³/mol. The quantitative estimate of drug-likeness (QED) is 0.657. The largest absolute Gasteiger partial charge is 0.381 e. The van der Waals surface area contributed by atoms with Gasteiger partial charge < -0.3 is 9.47 Å². The molecule has 1 atom stereocenters. The van der Waals surface area contributed by atoms with Crippen LogP contribution >= 0.6 is 0 Å². The van der Waals surface area contributed by atoms with Crippen molar-refractivity contribution >= 4 is 0 Å². The fraction of sp³-hybridized carbons (Fsp3) is 0.833. The summed E-state index contributed by atoms with van der Waals surface area (Å²) in [6.45, 7) is 8.50. The average molecular weight is 211 g/mol. The molecule has 2 aliphatic heterocycles. The van der Waals surface area contributed by atoms with Crippen molar-refractivity contribution in [1.82, 2.24) is 4.90 Å². The summed E-state index contributed by atoms with van der Waals surface area (Å²) in [5, 5.41) is 0. The third kappa shape index (κ3) is 3.03.